The fraction of sp³-hybridized carbons (Fsp3) is 0.125. The summed E-state index contributed by atoms with van der Waals surface area (Å²) in [6.45, 7) is 0. The fourth-order valence-corrected chi connectivity index (χ4v) is 0.816. The number of benzene rings is 1. The van der Waals surface area contributed by atoms with E-state index >= 15 is 0 Å². The number of halogens is 1. The van der Waals surface area contributed by atoms with Crippen molar-refractivity contribution in [3.05, 3.63) is 34.4 Å². The zero-order valence-electron chi connectivity index (χ0n) is 7.29. The molecule has 1 atom stereocenters. The van der Waals surface area contributed by atoms with Crippen LogP contribution in [0, 0.1) is 10.1 Å². The molecule has 80 valence electrons. The number of hydrogen-bond acceptors (Lipinski definition) is 4. The Morgan fingerprint density at radius 1 is 1.47 bits per heavy atom. The van der Waals surface area contributed by atoms with E-state index in [2.05, 4.69) is 4.74 Å². The lowest BCUT2D eigenvalue weighted by Gasteiger charge is -2.06. The number of carboxylic acid groups (broad SMARTS) is 1. The number of hydrogen-bond donors (Lipinski definition) is 1. The Kier molecular flexibility index (Phi) is 3.17. The lowest BCUT2D eigenvalue weighted by Crippen LogP contribution is -2.21. The van der Waals surface area contributed by atoms with Crippen LogP contribution >= 0.6 is 0 Å². The molecule has 0 bridgehead atoms. The maximum Gasteiger partial charge on any atom is 0.378 e. The number of carbonyl (C=O) groups is 1. The highest BCUT2D eigenvalue weighted by Crippen LogP contribution is 2.18. The third-order valence-corrected chi connectivity index (χ3v) is 1.48. The van der Waals surface area contributed by atoms with Crippen molar-refractivity contribution in [1.29, 1.82) is 0 Å². The second-order valence-electron chi connectivity index (χ2n) is 2.52. The molecule has 1 aromatic carbocycles. The van der Waals surface area contributed by atoms with E-state index in [0.717, 1.165) is 24.3 Å². The molecule has 1 unspecified atom stereocenters. The lowest BCUT2D eigenvalue weighted by molar-refractivity contribution is -0.384. The lowest BCUT2D eigenvalue weighted by atomic mass is 10.3. The van der Waals surface area contributed by atoms with E-state index in [4.69, 9.17) is 5.11 Å². The first-order valence-corrected chi connectivity index (χ1v) is 3.78. The van der Waals surface area contributed by atoms with Gasteiger partial charge in [-0.2, -0.15) is 4.39 Å². The topological polar surface area (TPSA) is 89.7 Å². The highest BCUT2D eigenvalue weighted by Gasteiger charge is 2.17. The van der Waals surface area contributed by atoms with Crippen LogP contribution in [0.5, 0.6) is 5.75 Å². The first-order chi connectivity index (χ1) is 7.00. The van der Waals surface area contributed by atoms with Gasteiger partial charge in [0.1, 0.15) is 5.75 Å². The molecule has 0 radical (unpaired) electrons. The summed E-state index contributed by atoms with van der Waals surface area (Å²) in [5, 5.41) is 18.4. The number of nitro groups is 1. The van der Waals surface area contributed by atoms with Gasteiger partial charge in [-0.05, 0) is 12.1 Å². The Morgan fingerprint density at radius 2 is 2.00 bits per heavy atom. The number of ether oxygens (including phenoxy) is 1. The van der Waals surface area contributed by atoms with Gasteiger partial charge in [-0.1, -0.05) is 0 Å². The molecule has 0 amide bonds. The number of non-ortho nitro benzene ring substituents is 1. The second-order valence-corrected chi connectivity index (χ2v) is 2.52. The van der Waals surface area contributed by atoms with Crippen LogP contribution in [0.25, 0.3) is 0 Å². The van der Waals surface area contributed by atoms with Crippen LogP contribution in [0.4, 0.5) is 10.1 Å². The minimum Gasteiger partial charge on any atom is -0.476 e. The highest BCUT2D eigenvalue weighted by atomic mass is 19.1. The summed E-state index contributed by atoms with van der Waals surface area (Å²) in [5.41, 5.74) is -0.187. The van der Waals surface area contributed by atoms with Crippen molar-refractivity contribution in [1.82, 2.24) is 0 Å². The van der Waals surface area contributed by atoms with E-state index in [1.807, 2.05) is 0 Å². The van der Waals surface area contributed by atoms with E-state index in [0.29, 0.717) is 0 Å². The molecule has 0 aliphatic carbocycles. The Bertz CT molecular complexity index is 377. The third kappa shape index (κ3) is 2.90. The summed E-state index contributed by atoms with van der Waals surface area (Å²) >= 11 is 0. The fourth-order valence-electron chi connectivity index (χ4n) is 0.816. The Balaban J connectivity index is 2.72. The predicted octanol–water partition coefficient (Wildman–Crippen LogP) is 1.35. The molecule has 0 saturated heterocycles. The van der Waals surface area contributed by atoms with Crippen molar-refractivity contribution in [3.63, 3.8) is 0 Å². The van der Waals surface area contributed by atoms with Gasteiger partial charge in [-0.15, -0.1) is 0 Å². The zero-order valence-corrected chi connectivity index (χ0v) is 7.29. The maximum absolute atomic E-state index is 12.5. The van der Waals surface area contributed by atoms with E-state index < -0.39 is 17.3 Å². The van der Waals surface area contributed by atoms with E-state index in [9.17, 15) is 19.3 Å². The molecule has 1 aromatic rings. The Labute approximate surface area is 83.0 Å². The van der Waals surface area contributed by atoms with Crippen LogP contribution in [0.2, 0.25) is 0 Å². The smallest absolute Gasteiger partial charge is 0.378 e. The number of alkyl halides is 1. The zero-order chi connectivity index (χ0) is 11.4. The summed E-state index contributed by atoms with van der Waals surface area (Å²) in [6, 6.07) is 4.41. The third-order valence-electron chi connectivity index (χ3n) is 1.48. The minimum atomic E-state index is -2.48. The van der Waals surface area contributed by atoms with Gasteiger partial charge in [0.15, 0.2) is 0 Å². The molecule has 1 rings (SSSR count). The molecule has 15 heavy (non-hydrogen) atoms. The molecular weight excluding hydrogens is 209 g/mol. The monoisotopic (exact) mass is 215 g/mol. The molecule has 0 aromatic heterocycles. The van der Waals surface area contributed by atoms with Crippen molar-refractivity contribution in [2.75, 3.05) is 0 Å². The van der Waals surface area contributed by atoms with Gasteiger partial charge < -0.3 is 9.84 Å². The molecule has 6 nitrogen and oxygen atoms in total. The van der Waals surface area contributed by atoms with Gasteiger partial charge in [-0.25, -0.2) is 4.79 Å². The second kappa shape index (κ2) is 4.36. The van der Waals surface area contributed by atoms with Crippen molar-refractivity contribution < 1.29 is 24.0 Å². The molecule has 0 heterocycles. The molecular formula is C8H6FNO5. The molecule has 0 aliphatic rings. The first kappa shape index (κ1) is 10.9. The molecule has 0 fully saturated rings. The van der Waals surface area contributed by atoms with Crippen LogP contribution in [0.15, 0.2) is 24.3 Å². The van der Waals surface area contributed by atoms with Crippen molar-refractivity contribution >= 4 is 11.7 Å². The number of carboxylic acids is 1. The summed E-state index contributed by atoms with van der Waals surface area (Å²) in [4.78, 5) is 19.7. The standard InChI is InChI=1S/C8H6FNO5/c9-7(8(11)12)15-6-3-1-5(2-4-6)10(13)14/h1-4,7H,(H,11,12). The van der Waals surface area contributed by atoms with Gasteiger partial charge in [-0.3, -0.25) is 10.1 Å². The maximum atomic E-state index is 12.5. The number of nitro benzene ring substituents is 1. The molecule has 0 aliphatic heterocycles. The summed E-state index contributed by atoms with van der Waals surface area (Å²) < 4.78 is 16.8. The van der Waals surface area contributed by atoms with E-state index in [-0.39, 0.29) is 11.4 Å². The Morgan fingerprint density at radius 3 is 2.40 bits per heavy atom. The highest BCUT2D eigenvalue weighted by molar-refractivity contribution is 5.70. The van der Waals surface area contributed by atoms with E-state index in [1.165, 1.54) is 0 Å². The summed E-state index contributed by atoms with van der Waals surface area (Å²) in [6.07, 6.45) is -2.48. The summed E-state index contributed by atoms with van der Waals surface area (Å²) in [5.74, 6) is -1.84. The van der Waals surface area contributed by atoms with Crippen LogP contribution in [0.3, 0.4) is 0 Å². The molecule has 0 saturated carbocycles. The molecule has 7 heteroatoms. The first-order valence-electron chi connectivity index (χ1n) is 3.78. The van der Waals surface area contributed by atoms with Gasteiger partial charge in [0.2, 0.25) is 0 Å². The quantitative estimate of drug-likeness (QED) is 0.604. The van der Waals surface area contributed by atoms with Crippen molar-refractivity contribution in [2.24, 2.45) is 0 Å². The number of nitrogens with zero attached hydrogens (tertiary/aromatic N) is 1. The summed E-state index contributed by atoms with van der Waals surface area (Å²) in [7, 11) is 0. The van der Waals surface area contributed by atoms with Crippen LogP contribution in [0.1, 0.15) is 0 Å². The average molecular weight is 215 g/mol. The average Bonchev–Trinajstić information content (AvgIpc) is 2.18. The minimum absolute atomic E-state index is 0.0875. The van der Waals surface area contributed by atoms with Gasteiger partial charge in [0.25, 0.3) is 5.69 Å². The predicted molar refractivity (Wildman–Crippen MR) is 46.3 cm³/mol. The normalized spacial score (nSPS) is 11.8. The van der Waals surface area contributed by atoms with Gasteiger partial charge in [0, 0.05) is 12.1 Å². The van der Waals surface area contributed by atoms with Crippen LogP contribution in [-0.2, 0) is 4.79 Å². The van der Waals surface area contributed by atoms with E-state index in [1.54, 1.807) is 0 Å². The van der Waals surface area contributed by atoms with Crippen LogP contribution < -0.4 is 4.74 Å². The largest absolute Gasteiger partial charge is 0.476 e. The molecule has 0 spiro atoms. The van der Waals surface area contributed by atoms with Crippen LogP contribution in [-0.4, -0.2) is 22.4 Å². The van der Waals surface area contributed by atoms with Gasteiger partial charge in [0.05, 0.1) is 4.92 Å². The van der Waals surface area contributed by atoms with Crippen molar-refractivity contribution in [2.45, 2.75) is 6.36 Å². The number of rotatable bonds is 4. The Hall–Kier alpha value is -2.18. The van der Waals surface area contributed by atoms with Gasteiger partial charge >= 0.3 is 12.3 Å². The van der Waals surface area contributed by atoms with Crippen molar-refractivity contribution in [3.8, 4) is 5.75 Å². The number of aliphatic carboxylic acids is 1. The SMILES string of the molecule is O=C(O)C(F)Oc1ccc([N+](=O)[O-])cc1. The molecule has 1 N–H and O–H groups in total.